The molecule has 0 aliphatic carbocycles. The zero-order chi connectivity index (χ0) is 25.3. The van der Waals surface area contributed by atoms with E-state index in [-0.39, 0.29) is 48.8 Å². The Morgan fingerprint density at radius 1 is 1.09 bits per heavy atom. The Morgan fingerprint density at radius 2 is 1.76 bits per heavy atom. The first-order valence-corrected chi connectivity index (χ1v) is 12.7. The SMILES string of the molecule is CCOC(=O)C[C@@H](C)NC(=O)CN1CCC[C@@H](CCC2CCN(C(=O)OC(C)(C)C)CC2)C1=O. The monoisotopic (exact) mass is 481 g/mol. The van der Waals surface area contributed by atoms with Crippen molar-refractivity contribution in [1.29, 1.82) is 0 Å². The van der Waals surface area contributed by atoms with Crippen LogP contribution in [0.5, 0.6) is 0 Å². The highest BCUT2D eigenvalue weighted by Crippen LogP contribution is 2.29. The molecule has 0 aromatic heterocycles. The zero-order valence-corrected chi connectivity index (χ0v) is 21.6. The van der Waals surface area contributed by atoms with E-state index in [0.29, 0.717) is 32.2 Å². The van der Waals surface area contributed by atoms with Crippen LogP contribution in [0.2, 0.25) is 0 Å². The lowest BCUT2D eigenvalue weighted by Crippen LogP contribution is -2.48. The van der Waals surface area contributed by atoms with Crippen LogP contribution in [0.4, 0.5) is 4.79 Å². The number of amides is 3. The van der Waals surface area contributed by atoms with Crippen molar-refractivity contribution in [2.45, 2.75) is 91.2 Å². The van der Waals surface area contributed by atoms with Gasteiger partial charge >= 0.3 is 12.1 Å². The van der Waals surface area contributed by atoms with Crippen LogP contribution in [-0.2, 0) is 23.9 Å². The minimum Gasteiger partial charge on any atom is -0.466 e. The summed E-state index contributed by atoms with van der Waals surface area (Å²) in [7, 11) is 0. The molecule has 2 heterocycles. The van der Waals surface area contributed by atoms with Gasteiger partial charge in [-0.05, 0) is 79.1 Å². The largest absolute Gasteiger partial charge is 0.466 e. The van der Waals surface area contributed by atoms with Crippen LogP contribution in [0, 0.1) is 11.8 Å². The van der Waals surface area contributed by atoms with E-state index < -0.39 is 5.60 Å². The highest BCUT2D eigenvalue weighted by molar-refractivity contribution is 5.86. The van der Waals surface area contributed by atoms with Gasteiger partial charge in [0.05, 0.1) is 19.6 Å². The van der Waals surface area contributed by atoms with E-state index in [4.69, 9.17) is 9.47 Å². The van der Waals surface area contributed by atoms with Gasteiger partial charge in [-0.3, -0.25) is 14.4 Å². The summed E-state index contributed by atoms with van der Waals surface area (Å²) < 4.78 is 10.4. The second-order valence-corrected chi connectivity index (χ2v) is 10.6. The van der Waals surface area contributed by atoms with E-state index >= 15 is 0 Å². The number of carbonyl (C=O) groups excluding carboxylic acids is 4. The summed E-state index contributed by atoms with van der Waals surface area (Å²) >= 11 is 0. The predicted octanol–water partition coefficient (Wildman–Crippen LogP) is 3.11. The molecule has 0 spiro atoms. The second kappa shape index (κ2) is 13.0. The van der Waals surface area contributed by atoms with Gasteiger partial charge in [-0.2, -0.15) is 0 Å². The first-order valence-electron chi connectivity index (χ1n) is 12.7. The second-order valence-electron chi connectivity index (χ2n) is 10.6. The normalized spacial score (nSPS) is 20.6. The van der Waals surface area contributed by atoms with Crippen LogP contribution in [-0.4, -0.2) is 78.1 Å². The van der Waals surface area contributed by atoms with Crippen molar-refractivity contribution < 1.29 is 28.7 Å². The number of nitrogens with zero attached hydrogens (tertiary/aromatic N) is 2. The molecule has 2 atom stereocenters. The van der Waals surface area contributed by atoms with Crippen LogP contribution in [0.25, 0.3) is 0 Å². The number of carbonyl (C=O) groups is 4. The van der Waals surface area contributed by atoms with E-state index in [1.54, 1.807) is 23.6 Å². The van der Waals surface area contributed by atoms with Crippen molar-refractivity contribution in [1.82, 2.24) is 15.1 Å². The Kier molecular flexibility index (Phi) is 10.6. The van der Waals surface area contributed by atoms with Crippen molar-refractivity contribution in [3.05, 3.63) is 0 Å². The number of hydrogen-bond acceptors (Lipinski definition) is 6. The van der Waals surface area contributed by atoms with Crippen LogP contribution in [0.15, 0.2) is 0 Å². The van der Waals surface area contributed by atoms with Crippen molar-refractivity contribution >= 4 is 23.9 Å². The maximum atomic E-state index is 13.0. The highest BCUT2D eigenvalue weighted by atomic mass is 16.6. The fourth-order valence-electron chi connectivity index (χ4n) is 4.63. The molecule has 2 saturated heterocycles. The summed E-state index contributed by atoms with van der Waals surface area (Å²) in [5, 5.41) is 2.79. The minimum atomic E-state index is -0.489. The predicted molar refractivity (Wildman–Crippen MR) is 128 cm³/mol. The molecule has 1 N–H and O–H groups in total. The fraction of sp³-hybridized carbons (Fsp3) is 0.840. The molecule has 3 amide bonds. The number of ether oxygens (including phenoxy) is 2. The number of hydrogen-bond donors (Lipinski definition) is 1. The van der Waals surface area contributed by atoms with Gasteiger partial charge in [-0.1, -0.05) is 0 Å². The third kappa shape index (κ3) is 9.50. The van der Waals surface area contributed by atoms with Gasteiger partial charge in [-0.25, -0.2) is 4.79 Å². The topological polar surface area (TPSA) is 105 Å². The number of rotatable bonds is 9. The summed E-state index contributed by atoms with van der Waals surface area (Å²) in [6.45, 7) is 11.4. The van der Waals surface area contributed by atoms with Crippen LogP contribution >= 0.6 is 0 Å². The molecule has 0 aromatic rings. The summed E-state index contributed by atoms with van der Waals surface area (Å²) in [5.41, 5.74) is -0.489. The van der Waals surface area contributed by atoms with Gasteiger partial charge in [0.25, 0.3) is 0 Å². The van der Waals surface area contributed by atoms with Crippen LogP contribution < -0.4 is 5.32 Å². The average molecular weight is 482 g/mol. The smallest absolute Gasteiger partial charge is 0.410 e. The fourth-order valence-corrected chi connectivity index (χ4v) is 4.63. The first kappa shape index (κ1) is 27.9. The third-order valence-corrected chi connectivity index (χ3v) is 6.35. The van der Waals surface area contributed by atoms with E-state index in [1.165, 1.54) is 0 Å². The number of piperidine rings is 2. The van der Waals surface area contributed by atoms with Crippen molar-refractivity contribution in [3.8, 4) is 0 Å². The van der Waals surface area contributed by atoms with E-state index in [1.807, 2.05) is 20.8 Å². The summed E-state index contributed by atoms with van der Waals surface area (Å²) in [6.07, 6.45) is 5.21. The average Bonchev–Trinajstić information content (AvgIpc) is 2.73. The standard InChI is InChI=1S/C25H43N3O6/c1-6-33-22(30)16-18(2)26-21(29)17-28-13-7-8-20(23(28)31)10-9-19-11-14-27(15-12-19)24(32)34-25(3,4)5/h18-20H,6-17H2,1-5H3,(H,26,29)/t18-,20+/m1/s1. The molecule has 2 aliphatic heterocycles. The Balaban J connectivity index is 1.72. The van der Waals surface area contributed by atoms with Crippen molar-refractivity contribution in [3.63, 3.8) is 0 Å². The molecule has 2 rings (SSSR count). The molecule has 34 heavy (non-hydrogen) atoms. The quantitative estimate of drug-likeness (QED) is 0.508. The molecule has 194 valence electrons. The number of esters is 1. The molecule has 2 fully saturated rings. The maximum absolute atomic E-state index is 13.0. The lowest BCUT2D eigenvalue weighted by Gasteiger charge is -2.35. The van der Waals surface area contributed by atoms with Crippen molar-refractivity contribution in [2.24, 2.45) is 11.8 Å². The minimum absolute atomic E-state index is 0.0246. The van der Waals surface area contributed by atoms with Gasteiger partial charge in [0, 0.05) is 31.6 Å². The maximum Gasteiger partial charge on any atom is 0.410 e. The molecule has 0 bridgehead atoms. The molecule has 0 unspecified atom stereocenters. The van der Waals surface area contributed by atoms with Gasteiger partial charge in [-0.15, -0.1) is 0 Å². The number of likely N-dealkylation sites (tertiary alicyclic amines) is 2. The highest BCUT2D eigenvalue weighted by Gasteiger charge is 2.32. The Labute approximate surface area is 203 Å². The Hall–Kier alpha value is -2.32. The number of nitrogens with one attached hydrogen (secondary N) is 1. The molecule has 9 nitrogen and oxygen atoms in total. The van der Waals surface area contributed by atoms with Crippen molar-refractivity contribution in [2.75, 3.05) is 32.8 Å². The Bertz CT molecular complexity index is 712. The molecular formula is C25H43N3O6. The van der Waals surface area contributed by atoms with E-state index in [9.17, 15) is 19.2 Å². The van der Waals surface area contributed by atoms with E-state index in [0.717, 1.165) is 38.5 Å². The molecule has 0 aromatic carbocycles. The van der Waals surface area contributed by atoms with Gasteiger partial charge in [0.2, 0.25) is 11.8 Å². The molecule has 2 aliphatic rings. The summed E-state index contributed by atoms with van der Waals surface area (Å²) in [5.74, 6) is -0.108. The van der Waals surface area contributed by atoms with Crippen LogP contribution in [0.1, 0.15) is 79.6 Å². The van der Waals surface area contributed by atoms with Gasteiger partial charge < -0.3 is 24.6 Å². The molecule has 0 saturated carbocycles. The summed E-state index contributed by atoms with van der Waals surface area (Å²) in [4.78, 5) is 52.6. The third-order valence-electron chi connectivity index (χ3n) is 6.35. The van der Waals surface area contributed by atoms with E-state index in [2.05, 4.69) is 5.32 Å². The first-order chi connectivity index (χ1) is 16.0. The molecule has 0 radical (unpaired) electrons. The van der Waals surface area contributed by atoms with Gasteiger partial charge in [0.1, 0.15) is 5.60 Å². The molecule has 9 heteroatoms. The Morgan fingerprint density at radius 3 is 2.38 bits per heavy atom. The zero-order valence-electron chi connectivity index (χ0n) is 21.6. The lowest BCUT2D eigenvalue weighted by molar-refractivity contribution is -0.145. The lowest BCUT2D eigenvalue weighted by atomic mass is 9.85. The summed E-state index contributed by atoms with van der Waals surface area (Å²) in [6, 6.07) is -0.339. The van der Waals surface area contributed by atoms with Gasteiger partial charge in [0.15, 0.2) is 0 Å². The molecular weight excluding hydrogens is 438 g/mol. The van der Waals surface area contributed by atoms with Crippen LogP contribution in [0.3, 0.4) is 0 Å².